The van der Waals surface area contributed by atoms with E-state index in [4.69, 9.17) is 0 Å². The van der Waals surface area contributed by atoms with Gasteiger partial charge in [-0.1, -0.05) is 0 Å². The number of hydrogen-bond acceptors (Lipinski definition) is 2. The number of benzene rings is 1. The summed E-state index contributed by atoms with van der Waals surface area (Å²) >= 11 is 0. The number of hydrogen-bond donors (Lipinski definition) is 0. The molecule has 0 atom stereocenters. The molecule has 2 aromatic rings. The Morgan fingerprint density at radius 2 is 1.81 bits per heavy atom. The number of imidazole rings is 1. The normalized spacial score (nSPS) is 10.4. The molecule has 0 aliphatic rings. The summed E-state index contributed by atoms with van der Waals surface area (Å²) < 4.78 is 40.3. The van der Waals surface area contributed by atoms with Crippen molar-refractivity contribution in [3.05, 3.63) is 47.8 Å². The topological polar surface area (TPSA) is 34.9 Å². The molecular formula is C10H5F3N2O. The highest BCUT2D eigenvalue weighted by Crippen LogP contribution is 2.20. The number of nitrogens with zero attached hydrogens (tertiary/aromatic N) is 2. The molecule has 0 aliphatic carbocycles. The predicted molar refractivity (Wildman–Crippen MR) is 48.8 cm³/mol. The van der Waals surface area contributed by atoms with E-state index in [2.05, 4.69) is 4.98 Å². The number of aromatic nitrogens is 2. The van der Waals surface area contributed by atoms with Crippen molar-refractivity contribution in [1.29, 1.82) is 0 Å². The fraction of sp³-hybridized carbons (Fsp3) is 0. The Bertz CT molecular complexity index is 528. The van der Waals surface area contributed by atoms with E-state index in [9.17, 15) is 18.0 Å². The summed E-state index contributed by atoms with van der Waals surface area (Å²) in [7, 11) is 0. The van der Waals surface area contributed by atoms with Crippen LogP contribution in [0.15, 0.2) is 24.7 Å². The van der Waals surface area contributed by atoms with E-state index in [1.54, 1.807) is 0 Å². The Morgan fingerprint density at radius 3 is 2.38 bits per heavy atom. The van der Waals surface area contributed by atoms with E-state index >= 15 is 0 Å². The second kappa shape index (κ2) is 3.80. The lowest BCUT2D eigenvalue weighted by Crippen LogP contribution is -2.04. The third-order valence-corrected chi connectivity index (χ3v) is 2.01. The second-order valence-corrected chi connectivity index (χ2v) is 3.02. The van der Waals surface area contributed by atoms with E-state index in [0.29, 0.717) is 18.4 Å². The van der Waals surface area contributed by atoms with E-state index in [1.807, 2.05) is 0 Å². The Hall–Kier alpha value is -2.11. The summed E-state index contributed by atoms with van der Waals surface area (Å²) in [5.41, 5.74) is -0.551. The van der Waals surface area contributed by atoms with Gasteiger partial charge < -0.3 is 0 Å². The number of carbonyl (C=O) groups excluding carboxylic acids is 1. The first-order valence-electron chi connectivity index (χ1n) is 4.26. The van der Waals surface area contributed by atoms with Gasteiger partial charge in [-0.25, -0.2) is 18.2 Å². The molecule has 0 spiro atoms. The van der Waals surface area contributed by atoms with E-state index < -0.39 is 23.1 Å². The maximum absolute atomic E-state index is 13.3. The van der Waals surface area contributed by atoms with Gasteiger partial charge in [0.25, 0.3) is 0 Å². The SMILES string of the molecule is O=Cc1cncn1-c1c(F)cc(F)cc1F. The van der Waals surface area contributed by atoms with Crippen LogP contribution >= 0.6 is 0 Å². The van der Waals surface area contributed by atoms with E-state index in [0.717, 1.165) is 17.1 Å². The number of rotatable bonds is 2. The van der Waals surface area contributed by atoms with Crippen LogP contribution in [0.25, 0.3) is 5.69 Å². The van der Waals surface area contributed by atoms with Crippen molar-refractivity contribution in [3.63, 3.8) is 0 Å². The van der Waals surface area contributed by atoms with Crippen LogP contribution in [-0.2, 0) is 0 Å². The van der Waals surface area contributed by atoms with Gasteiger partial charge in [0.1, 0.15) is 17.2 Å². The Balaban J connectivity index is 2.69. The molecule has 82 valence electrons. The van der Waals surface area contributed by atoms with Crippen molar-refractivity contribution in [2.24, 2.45) is 0 Å². The van der Waals surface area contributed by atoms with Gasteiger partial charge in [0.05, 0.1) is 12.5 Å². The van der Waals surface area contributed by atoms with Crippen molar-refractivity contribution >= 4 is 6.29 Å². The lowest BCUT2D eigenvalue weighted by molar-refractivity contribution is 0.111. The molecule has 1 heterocycles. The Labute approximate surface area is 88.2 Å². The van der Waals surface area contributed by atoms with Gasteiger partial charge in [0, 0.05) is 12.1 Å². The molecule has 2 rings (SSSR count). The maximum atomic E-state index is 13.3. The first kappa shape index (κ1) is 10.4. The molecule has 0 bridgehead atoms. The minimum absolute atomic E-state index is 0.0237. The first-order chi connectivity index (χ1) is 7.63. The van der Waals surface area contributed by atoms with E-state index in [1.165, 1.54) is 0 Å². The molecule has 0 unspecified atom stereocenters. The third-order valence-electron chi connectivity index (χ3n) is 2.01. The van der Waals surface area contributed by atoms with Crippen LogP contribution in [0.2, 0.25) is 0 Å². The average Bonchev–Trinajstić information content (AvgIpc) is 2.64. The highest BCUT2D eigenvalue weighted by Gasteiger charge is 2.15. The quantitative estimate of drug-likeness (QED) is 0.735. The van der Waals surface area contributed by atoms with Crippen LogP contribution in [0.4, 0.5) is 13.2 Å². The molecule has 0 fully saturated rings. The fourth-order valence-corrected chi connectivity index (χ4v) is 1.34. The van der Waals surface area contributed by atoms with Crippen LogP contribution in [0, 0.1) is 17.5 Å². The molecule has 0 aliphatic heterocycles. The van der Waals surface area contributed by atoms with Crippen molar-refractivity contribution in [2.45, 2.75) is 0 Å². The minimum Gasteiger partial charge on any atom is -0.296 e. The fourth-order valence-electron chi connectivity index (χ4n) is 1.34. The molecule has 0 saturated heterocycles. The zero-order valence-corrected chi connectivity index (χ0v) is 7.82. The number of carbonyl (C=O) groups is 1. The van der Waals surface area contributed by atoms with Gasteiger partial charge in [-0.2, -0.15) is 0 Å². The Morgan fingerprint density at radius 1 is 1.19 bits per heavy atom. The van der Waals surface area contributed by atoms with Crippen molar-refractivity contribution in [1.82, 2.24) is 9.55 Å². The molecule has 0 saturated carbocycles. The molecule has 0 amide bonds. The number of halogens is 3. The highest BCUT2D eigenvalue weighted by molar-refractivity contribution is 5.73. The maximum Gasteiger partial charge on any atom is 0.168 e. The highest BCUT2D eigenvalue weighted by atomic mass is 19.1. The lowest BCUT2D eigenvalue weighted by atomic mass is 10.2. The van der Waals surface area contributed by atoms with Crippen molar-refractivity contribution in [2.75, 3.05) is 0 Å². The predicted octanol–water partition coefficient (Wildman–Crippen LogP) is 2.10. The summed E-state index contributed by atoms with van der Waals surface area (Å²) in [6, 6.07) is 1.07. The molecule has 6 heteroatoms. The van der Waals surface area contributed by atoms with Gasteiger partial charge in [0.2, 0.25) is 0 Å². The van der Waals surface area contributed by atoms with Crippen LogP contribution in [-0.4, -0.2) is 15.8 Å². The van der Waals surface area contributed by atoms with Crippen LogP contribution in [0.3, 0.4) is 0 Å². The van der Waals surface area contributed by atoms with Crippen LogP contribution in [0.5, 0.6) is 0 Å². The summed E-state index contributed by atoms with van der Waals surface area (Å²) in [4.78, 5) is 14.2. The zero-order chi connectivity index (χ0) is 11.7. The van der Waals surface area contributed by atoms with Gasteiger partial charge in [0.15, 0.2) is 17.9 Å². The summed E-state index contributed by atoms with van der Waals surface area (Å²) in [5.74, 6) is -3.22. The summed E-state index contributed by atoms with van der Waals surface area (Å²) in [6.07, 6.45) is 2.62. The average molecular weight is 226 g/mol. The van der Waals surface area contributed by atoms with E-state index in [-0.39, 0.29) is 5.69 Å². The monoisotopic (exact) mass is 226 g/mol. The minimum atomic E-state index is -1.10. The van der Waals surface area contributed by atoms with Crippen LogP contribution < -0.4 is 0 Å². The molecule has 0 radical (unpaired) electrons. The van der Waals surface area contributed by atoms with Gasteiger partial charge in [-0.05, 0) is 0 Å². The molecule has 0 N–H and O–H groups in total. The molecule has 1 aromatic carbocycles. The first-order valence-corrected chi connectivity index (χ1v) is 4.26. The Kier molecular flexibility index (Phi) is 2.47. The van der Waals surface area contributed by atoms with Crippen molar-refractivity contribution < 1.29 is 18.0 Å². The van der Waals surface area contributed by atoms with Gasteiger partial charge >= 0.3 is 0 Å². The smallest absolute Gasteiger partial charge is 0.168 e. The second-order valence-electron chi connectivity index (χ2n) is 3.02. The van der Waals surface area contributed by atoms with Crippen molar-refractivity contribution in [3.8, 4) is 5.69 Å². The lowest BCUT2D eigenvalue weighted by Gasteiger charge is -2.07. The largest absolute Gasteiger partial charge is 0.296 e. The summed E-state index contributed by atoms with van der Waals surface area (Å²) in [5, 5.41) is 0. The summed E-state index contributed by atoms with van der Waals surface area (Å²) in [6.45, 7) is 0. The van der Waals surface area contributed by atoms with Gasteiger partial charge in [-0.15, -0.1) is 0 Å². The third kappa shape index (κ3) is 1.58. The molecule has 3 nitrogen and oxygen atoms in total. The standard InChI is InChI=1S/C10H5F3N2O/c11-6-1-8(12)10(9(13)2-6)15-5-14-3-7(15)4-16/h1-5H. The molecule has 1 aromatic heterocycles. The number of aldehydes is 1. The molecular weight excluding hydrogens is 221 g/mol. The van der Waals surface area contributed by atoms with Gasteiger partial charge in [-0.3, -0.25) is 9.36 Å². The molecule has 16 heavy (non-hydrogen) atoms. The van der Waals surface area contributed by atoms with Crippen LogP contribution in [0.1, 0.15) is 10.5 Å². The zero-order valence-electron chi connectivity index (χ0n) is 7.82.